The van der Waals surface area contributed by atoms with E-state index in [1.54, 1.807) is 6.07 Å². The molecule has 0 atom stereocenters. The Morgan fingerprint density at radius 3 is 2.50 bits per heavy atom. The van der Waals surface area contributed by atoms with Gasteiger partial charge in [-0.2, -0.15) is 0 Å². The van der Waals surface area contributed by atoms with Crippen molar-refractivity contribution in [3.8, 4) is 0 Å². The summed E-state index contributed by atoms with van der Waals surface area (Å²) in [7, 11) is 0. The van der Waals surface area contributed by atoms with E-state index in [2.05, 4.69) is 26.1 Å². The molecule has 2 N–H and O–H groups in total. The highest BCUT2D eigenvalue weighted by Crippen LogP contribution is 2.15. The number of benzene rings is 1. The number of halogens is 2. The molecule has 0 amide bonds. The Morgan fingerprint density at radius 1 is 1.25 bits per heavy atom. The zero-order valence-corrected chi connectivity index (χ0v) is 9.54. The largest absolute Gasteiger partial charge is 0.344 e. The molecule has 0 radical (unpaired) electrons. The molecule has 5 nitrogen and oxygen atoms in total. The molecule has 0 saturated heterocycles. The van der Waals surface area contributed by atoms with E-state index >= 15 is 0 Å². The Labute approximate surface area is 97.0 Å². The van der Waals surface area contributed by atoms with Crippen LogP contribution in [0.15, 0.2) is 32.3 Å². The van der Waals surface area contributed by atoms with Gasteiger partial charge in [0.2, 0.25) is 0 Å². The van der Waals surface area contributed by atoms with Crippen molar-refractivity contribution in [2.24, 2.45) is 0 Å². The molecule has 7 heteroatoms. The average molecular weight is 288 g/mol. The maximum absolute atomic E-state index is 13.4. The molecule has 0 aliphatic carbocycles. The lowest BCUT2D eigenvalue weighted by molar-refractivity contribution is 0.593. The molecule has 1 heterocycles. The van der Waals surface area contributed by atoms with Crippen molar-refractivity contribution < 1.29 is 4.39 Å². The van der Waals surface area contributed by atoms with E-state index < -0.39 is 17.2 Å². The van der Waals surface area contributed by atoms with Crippen molar-refractivity contribution in [3.63, 3.8) is 0 Å². The molecule has 0 unspecified atom stereocenters. The lowest BCUT2D eigenvalue weighted by Crippen LogP contribution is -2.27. The molecule has 2 rings (SSSR count). The van der Waals surface area contributed by atoms with Crippen LogP contribution in [0.4, 0.5) is 4.39 Å². The number of nitrogens with one attached hydrogen (secondary N) is 2. The smallest absolute Gasteiger partial charge is 0.247 e. The first-order valence-electron chi connectivity index (χ1n) is 4.39. The molecular weight excluding hydrogens is 281 g/mol. The third-order valence-electron chi connectivity index (χ3n) is 2.10. The number of hydrogen-bond acceptors (Lipinski definition) is 2. The van der Waals surface area contributed by atoms with E-state index in [1.807, 2.05) is 0 Å². The second-order valence-corrected chi connectivity index (χ2v) is 4.10. The van der Waals surface area contributed by atoms with Gasteiger partial charge in [0.25, 0.3) is 0 Å². The Hall–Kier alpha value is -1.63. The molecule has 2 aromatic rings. The number of H-pyrrole nitrogens is 2. The predicted molar refractivity (Wildman–Crippen MR) is 58.9 cm³/mol. The van der Waals surface area contributed by atoms with E-state index in [0.717, 1.165) is 4.57 Å². The highest BCUT2D eigenvalue weighted by atomic mass is 79.9. The molecule has 84 valence electrons. The zero-order chi connectivity index (χ0) is 11.7. The third-order valence-corrected chi connectivity index (χ3v) is 2.60. The molecule has 0 saturated carbocycles. The van der Waals surface area contributed by atoms with Crippen LogP contribution in [0.1, 0.15) is 5.56 Å². The summed E-state index contributed by atoms with van der Waals surface area (Å²) in [5.41, 5.74) is -0.921. The average Bonchev–Trinajstić information content (AvgIpc) is 2.55. The minimum Gasteiger partial charge on any atom is -0.247 e. The molecule has 0 aliphatic rings. The highest BCUT2D eigenvalue weighted by Gasteiger charge is 2.08. The SMILES string of the molecule is O=c1[nH][nH]c(=O)n1Cc1cc(Br)ccc1F. The fourth-order valence-electron chi connectivity index (χ4n) is 1.31. The van der Waals surface area contributed by atoms with Crippen LogP contribution < -0.4 is 11.4 Å². The van der Waals surface area contributed by atoms with Gasteiger partial charge in [0.05, 0.1) is 6.54 Å². The molecule has 1 aromatic heterocycles. The summed E-state index contributed by atoms with van der Waals surface area (Å²) in [5, 5.41) is 4.25. The maximum Gasteiger partial charge on any atom is 0.344 e. The third kappa shape index (κ3) is 1.99. The number of aromatic nitrogens is 3. The van der Waals surface area contributed by atoms with E-state index in [-0.39, 0.29) is 12.1 Å². The highest BCUT2D eigenvalue weighted by molar-refractivity contribution is 9.10. The summed E-state index contributed by atoms with van der Waals surface area (Å²) in [5.74, 6) is -0.462. The Bertz CT molecular complexity index is 601. The lowest BCUT2D eigenvalue weighted by Gasteiger charge is -2.02. The van der Waals surface area contributed by atoms with Crippen LogP contribution >= 0.6 is 15.9 Å². The van der Waals surface area contributed by atoms with Crippen LogP contribution in [-0.2, 0) is 6.54 Å². The molecule has 0 spiro atoms. The second-order valence-electron chi connectivity index (χ2n) is 3.18. The van der Waals surface area contributed by atoms with Gasteiger partial charge in [-0.1, -0.05) is 15.9 Å². The van der Waals surface area contributed by atoms with E-state index in [9.17, 15) is 14.0 Å². The van der Waals surface area contributed by atoms with Gasteiger partial charge in [-0.15, -0.1) is 0 Å². The first-order valence-corrected chi connectivity index (χ1v) is 5.18. The van der Waals surface area contributed by atoms with Gasteiger partial charge < -0.3 is 0 Å². The number of hydrogen-bond donors (Lipinski definition) is 2. The molecular formula is C9H7BrFN3O2. The fourth-order valence-corrected chi connectivity index (χ4v) is 1.72. The first kappa shape index (κ1) is 10.9. The normalized spacial score (nSPS) is 10.6. The van der Waals surface area contributed by atoms with Crippen LogP contribution in [0.5, 0.6) is 0 Å². The van der Waals surface area contributed by atoms with Gasteiger partial charge in [0.15, 0.2) is 0 Å². The van der Waals surface area contributed by atoms with Crippen molar-refractivity contribution in [1.29, 1.82) is 0 Å². The van der Waals surface area contributed by atoms with Gasteiger partial charge in [0, 0.05) is 10.0 Å². The Balaban J connectivity index is 2.45. The van der Waals surface area contributed by atoms with Gasteiger partial charge >= 0.3 is 11.4 Å². The number of rotatable bonds is 2. The number of aromatic amines is 2. The Morgan fingerprint density at radius 2 is 1.88 bits per heavy atom. The van der Waals surface area contributed by atoms with Crippen molar-refractivity contribution >= 4 is 15.9 Å². The molecule has 16 heavy (non-hydrogen) atoms. The topological polar surface area (TPSA) is 70.7 Å². The quantitative estimate of drug-likeness (QED) is 0.858. The lowest BCUT2D eigenvalue weighted by atomic mass is 10.2. The van der Waals surface area contributed by atoms with Crippen LogP contribution in [0, 0.1) is 5.82 Å². The summed E-state index contributed by atoms with van der Waals surface area (Å²) < 4.78 is 14.9. The monoisotopic (exact) mass is 287 g/mol. The summed E-state index contributed by atoms with van der Waals surface area (Å²) in [4.78, 5) is 22.4. The van der Waals surface area contributed by atoms with Crippen LogP contribution in [0.25, 0.3) is 0 Å². The van der Waals surface area contributed by atoms with Crippen LogP contribution in [0.2, 0.25) is 0 Å². The summed E-state index contributed by atoms with van der Waals surface area (Å²) >= 11 is 3.19. The predicted octanol–water partition coefficient (Wildman–Crippen LogP) is 0.815. The first-order chi connectivity index (χ1) is 7.58. The fraction of sp³-hybridized carbons (Fsp3) is 0.111. The van der Waals surface area contributed by atoms with Crippen molar-refractivity contribution in [2.75, 3.05) is 0 Å². The van der Waals surface area contributed by atoms with Crippen LogP contribution in [-0.4, -0.2) is 14.8 Å². The van der Waals surface area contributed by atoms with Crippen molar-refractivity contribution in [2.45, 2.75) is 6.54 Å². The van der Waals surface area contributed by atoms with E-state index in [1.165, 1.54) is 12.1 Å². The second kappa shape index (κ2) is 4.09. The summed E-state index contributed by atoms with van der Waals surface area (Å²) in [6.07, 6.45) is 0. The molecule has 0 aliphatic heterocycles. The van der Waals surface area contributed by atoms with Gasteiger partial charge in [-0.05, 0) is 18.2 Å². The van der Waals surface area contributed by atoms with Crippen LogP contribution in [0.3, 0.4) is 0 Å². The standard InChI is InChI=1S/C9H7BrFN3O2/c10-6-1-2-7(11)5(3-6)4-14-8(15)12-13-9(14)16/h1-3H,4H2,(H,12,15)(H,13,16). The molecule has 0 fully saturated rings. The van der Waals surface area contributed by atoms with Gasteiger partial charge in [0.1, 0.15) is 5.82 Å². The van der Waals surface area contributed by atoms with Crippen molar-refractivity contribution in [1.82, 2.24) is 14.8 Å². The number of nitrogens with zero attached hydrogens (tertiary/aromatic N) is 1. The van der Waals surface area contributed by atoms with Crippen molar-refractivity contribution in [3.05, 3.63) is 55.0 Å². The summed E-state index contributed by atoms with van der Waals surface area (Å²) in [6.45, 7) is -0.108. The summed E-state index contributed by atoms with van der Waals surface area (Å²) in [6, 6.07) is 4.34. The minimum absolute atomic E-state index is 0.108. The van der Waals surface area contributed by atoms with Gasteiger partial charge in [-0.3, -0.25) is 0 Å². The molecule has 1 aromatic carbocycles. The zero-order valence-electron chi connectivity index (χ0n) is 7.96. The van der Waals surface area contributed by atoms with E-state index in [4.69, 9.17) is 0 Å². The van der Waals surface area contributed by atoms with E-state index in [0.29, 0.717) is 4.47 Å². The Kier molecular flexibility index (Phi) is 2.78. The maximum atomic E-state index is 13.4. The van der Waals surface area contributed by atoms with Gasteiger partial charge in [-0.25, -0.2) is 28.7 Å². The molecule has 0 bridgehead atoms. The minimum atomic E-state index is -0.593.